The zero-order valence-electron chi connectivity index (χ0n) is 30.1. The van der Waals surface area contributed by atoms with Gasteiger partial charge >= 0.3 is 0 Å². The number of amidine groups is 1. The lowest BCUT2D eigenvalue weighted by molar-refractivity contribution is 0.726. The van der Waals surface area contributed by atoms with Crippen LogP contribution in [0.4, 0.5) is 0 Å². The molecule has 0 spiro atoms. The molecule has 0 N–H and O–H groups in total. The fourth-order valence-corrected chi connectivity index (χ4v) is 8.58. The third-order valence-electron chi connectivity index (χ3n) is 11.4. The number of allylic oxidation sites excluding steroid dienone is 10. The van der Waals surface area contributed by atoms with Crippen LogP contribution in [-0.4, -0.2) is 21.5 Å². The van der Waals surface area contributed by atoms with Crippen LogP contribution in [-0.2, 0) is 0 Å². The van der Waals surface area contributed by atoms with E-state index in [2.05, 4.69) is 164 Å². The van der Waals surface area contributed by atoms with Gasteiger partial charge in [-0.2, -0.15) is 0 Å². The SMILES string of the molecule is C1=CCC(c2cc(C3CC=CC4=C3CCC=C4)c3ccc4ccc(C5=NC(c6ccc(-c7ccccc7)cc6)CC(c6ccccc6)=N5)nc4c3n2)C=C1. The van der Waals surface area contributed by atoms with Gasteiger partial charge < -0.3 is 0 Å². The molecule has 54 heavy (non-hydrogen) atoms. The van der Waals surface area contributed by atoms with Crippen LogP contribution in [0.5, 0.6) is 0 Å². The van der Waals surface area contributed by atoms with Crippen molar-refractivity contribution in [2.45, 2.75) is 50.0 Å². The Bertz CT molecular complexity index is 2620. The molecule has 260 valence electrons. The lowest BCUT2D eigenvalue weighted by Gasteiger charge is -2.28. The molecule has 4 heteroatoms. The average molecular weight is 697 g/mol. The number of nitrogens with zero attached hydrogens (tertiary/aromatic N) is 4. The van der Waals surface area contributed by atoms with Crippen LogP contribution in [0, 0.1) is 0 Å². The van der Waals surface area contributed by atoms with Gasteiger partial charge in [0.25, 0.3) is 0 Å². The highest BCUT2D eigenvalue weighted by Crippen LogP contribution is 2.43. The monoisotopic (exact) mass is 696 g/mol. The Labute approximate surface area is 316 Å². The van der Waals surface area contributed by atoms with Crippen molar-refractivity contribution in [3.63, 3.8) is 0 Å². The summed E-state index contributed by atoms with van der Waals surface area (Å²) in [6.45, 7) is 0. The first-order valence-corrected chi connectivity index (χ1v) is 19.3. The maximum Gasteiger partial charge on any atom is 0.174 e. The second kappa shape index (κ2) is 13.9. The second-order valence-electron chi connectivity index (χ2n) is 14.7. The van der Waals surface area contributed by atoms with Gasteiger partial charge in [-0.15, -0.1) is 0 Å². The zero-order valence-corrected chi connectivity index (χ0v) is 30.1. The predicted octanol–water partition coefficient (Wildman–Crippen LogP) is 12.1. The first kappa shape index (κ1) is 32.4. The molecule has 4 aromatic carbocycles. The molecule has 3 aliphatic carbocycles. The van der Waals surface area contributed by atoms with Crippen molar-refractivity contribution in [2.75, 3.05) is 0 Å². The summed E-state index contributed by atoms with van der Waals surface area (Å²) in [5.41, 5.74) is 13.7. The lowest BCUT2D eigenvalue weighted by Crippen LogP contribution is -2.18. The Morgan fingerprint density at radius 1 is 0.630 bits per heavy atom. The fourth-order valence-electron chi connectivity index (χ4n) is 8.58. The standard InChI is InChI=1S/C50H40N4/c1-4-13-33(14-5-1)34-23-25-38(26-24-34)47-32-46(37-18-8-3-9-19-37)53-50(54-47)44-30-28-39-27-29-42-43(41-22-12-20-35-15-10-11-21-40(35)41)31-45(36-16-6-2-7-17-36)52-49(42)48(39)51-44/h1-10,12-16,18-20,23-31,36,41,47H,11,17,21-22,32H2. The van der Waals surface area contributed by atoms with Crippen molar-refractivity contribution >= 4 is 33.4 Å². The number of aliphatic imine (C=N–C) groups is 2. The average Bonchev–Trinajstić information content (AvgIpc) is 3.26. The van der Waals surface area contributed by atoms with Crippen LogP contribution in [0.1, 0.15) is 78.1 Å². The smallest absolute Gasteiger partial charge is 0.174 e. The van der Waals surface area contributed by atoms with Crippen molar-refractivity contribution in [1.82, 2.24) is 9.97 Å². The molecule has 3 atom stereocenters. The molecule has 0 radical (unpaired) electrons. The van der Waals surface area contributed by atoms with E-state index in [0.717, 1.165) is 71.2 Å². The minimum atomic E-state index is -0.0867. The Morgan fingerprint density at radius 2 is 1.41 bits per heavy atom. The molecular weight excluding hydrogens is 657 g/mol. The number of hydrogen-bond acceptors (Lipinski definition) is 4. The van der Waals surface area contributed by atoms with Crippen LogP contribution in [0.2, 0.25) is 0 Å². The van der Waals surface area contributed by atoms with E-state index in [-0.39, 0.29) is 12.0 Å². The van der Waals surface area contributed by atoms with Crippen LogP contribution in [0.3, 0.4) is 0 Å². The molecule has 10 rings (SSSR count). The Morgan fingerprint density at radius 3 is 2.22 bits per heavy atom. The number of rotatable bonds is 6. The molecule has 0 fully saturated rings. The Balaban J connectivity index is 1.12. The molecule has 2 aromatic heterocycles. The minimum absolute atomic E-state index is 0.0867. The third-order valence-corrected chi connectivity index (χ3v) is 11.4. The molecule has 0 amide bonds. The van der Waals surface area contributed by atoms with Gasteiger partial charge in [0.05, 0.1) is 22.8 Å². The summed E-state index contributed by atoms with van der Waals surface area (Å²) in [4.78, 5) is 21.4. The molecule has 1 aliphatic heterocycles. The first-order valence-electron chi connectivity index (χ1n) is 19.3. The van der Waals surface area contributed by atoms with Gasteiger partial charge in [0.2, 0.25) is 0 Å². The molecule has 3 unspecified atom stereocenters. The van der Waals surface area contributed by atoms with Crippen LogP contribution < -0.4 is 0 Å². The lowest BCUT2D eigenvalue weighted by atomic mass is 9.76. The van der Waals surface area contributed by atoms with Gasteiger partial charge in [-0.05, 0) is 71.2 Å². The van der Waals surface area contributed by atoms with Crippen LogP contribution in [0.25, 0.3) is 32.9 Å². The van der Waals surface area contributed by atoms with E-state index >= 15 is 0 Å². The van der Waals surface area contributed by atoms with E-state index in [1.807, 2.05) is 0 Å². The number of pyridine rings is 2. The largest absolute Gasteiger partial charge is 0.256 e. The summed E-state index contributed by atoms with van der Waals surface area (Å²) >= 11 is 0. The molecule has 4 aliphatic rings. The molecular formula is C50H40N4. The van der Waals surface area contributed by atoms with Gasteiger partial charge in [0, 0.05) is 34.7 Å². The van der Waals surface area contributed by atoms with Crippen molar-refractivity contribution in [3.8, 4) is 11.1 Å². The van der Waals surface area contributed by atoms with E-state index in [9.17, 15) is 0 Å². The quantitative estimate of drug-likeness (QED) is 0.163. The normalized spacial score (nSPS) is 20.6. The van der Waals surface area contributed by atoms with Crippen molar-refractivity contribution < 1.29 is 0 Å². The predicted molar refractivity (Wildman–Crippen MR) is 223 cm³/mol. The summed E-state index contributed by atoms with van der Waals surface area (Å²) in [6.07, 6.45) is 23.0. The van der Waals surface area contributed by atoms with Gasteiger partial charge in [-0.3, -0.25) is 4.99 Å². The Hall–Kier alpha value is -6.26. The first-order chi connectivity index (χ1) is 26.7. The molecule has 3 heterocycles. The van der Waals surface area contributed by atoms with Gasteiger partial charge in [-0.1, -0.05) is 157 Å². The number of hydrogen-bond donors (Lipinski definition) is 0. The minimum Gasteiger partial charge on any atom is -0.256 e. The highest BCUT2D eigenvalue weighted by molar-refractivity contribution is 6.14. The summed E-state index contributed by atoms with van der Waals surface area (Å²) in [7, 11) is 0. The Kier molecular flexibility index (Phi) is 8.37. The zero-order chi connectivity index (χ0) is 35.8. The highest BCUT2D eigenvalue weighted by atomic mass is 15.0. The summed E-state index contributed by atoms with van der Waals surface area (Å²) < 4.78 is 0. The topological polar surface area (TPSA) is 50.5 Å². The maximum absolute atomic E-state index is 5.46. The summed E-state index contributed by atoms with van der Waals surface area (Å²) in [5, 5.41) is 2.25. The molecule has 6 aromatic rings. The van der Waals surface area contributed by atoms with Crippen molar-refractivity contribution in [1.29, 1.82) is 0 Å². The van der Waals surface area contributed by atoms with Crippen molar-refractivity contribution in [2.24, 2.45) is 9.98 Å². The van der Waals surface area contributed by atoms with E-state index in [1.54, 1.807) is 5.57 Å². The summed E-state index contributed by atoms with van der Waals surface area (Å²) in [5.74, 6) is 1.21. The maximum atomic E-state index is 5.46. The molecule has 0 saturated carbocycles. The summed E-state index contributed by atoms with van der Waals surface area (Å²) in [6, 6.07) is 40.9. The molecule has 4 nitrogen and oxygen atoms in total. The van der Waals surface area contributed by atoms with E-state index in [4.69, 9.17) is 20.0 Å². The van der Waals surface area contributed by atoms with Crippen LogP contribution >= 0.6 is 0 Å². The number of aromatic nitrogens is 2. The number of benzene rings is 4. The molecule has 0 bridgehead atoms. The highest BCUT2D eigenvalue weighted by Gasteiger charge is 2.27. The van der Waals surface area contributed by atoms with Gasteiger partial charge in [-0.25, -0.2) is 15.0 Å². The third kappa shape index (κ3) is 6.08. The van der Waals surface area contributed by atoms with E-state index in [1.165, 1.54) is 33.2 Å². The van der Waals surface area contributed by atoms with Crippen molar-refractivity contribution in [3.05, 3.63) is 203 Å². The van der Waals surface area contributed by atoms with Gasteiger partial charge in [0.15, 0.2) is 5.84 Å². The molecule has 0 saturated heterocycles. The number of fused-ring (bicyclic) bond motifs is 3. The second-order valence-corrected chi connectivity index (χ2v) is 14.7. The van der Waals surface area contributed by atoms with E-state index < -0.39 is 0 Å². The van der Waals surface area contributed by atoms with Crippen LogP contribution in [0.15, 0.2) is 185 Å². The fraction of sp³-hybridized carbons (Fsp3) is 0.160. The van der Waals surface area contributed by atoms with E-state index in [0.29, 0.717) is 11.8 Å². The van der Waals surface area contributed by atoms with Gasteiger partial charge in [0.1, 0.15) is 5.69 Å².